The van der Waals surface area contributed by atoms with E-state index in [9.17, 15) is 0 Å². The molecule has 0 amide bonds. The van der Waals surface area contributed by atoms with Gasteiger partial charge in [-0.2, -0.15) is 0 Å². The lowest BCUT2D eigenvalue weighted by molar-refractivity contribution is -0.327. The number of aromatic nitrogens is 2. The van der Waals surface area contributed by atoms with Crippen LogP contribution < -0.4 is 0 Å². The Morgan fingerprint density at radius 2 is 1.05 bits per heavy atom. The van der Waals surface area contributed by atoms with Crippen LogP contribution in [0.1, 0.15) is 104 Å². The van der Waals surface area contributed by atoms with Gasteiger partial charge in [0.05, 0.1) is 36.3 Å². The first kappa shape index (κ1) is 50.8. The van der Waals surface area contributed by atoms with Crippen molar-refractivity contribution in [2.75, 3.05) is 14.2 Å². The van der Waals surface area contributed by atoms with Crippen LogP contribution in [0.25, 0.3) is 0 Å². The summed E-state index contributed by atoms with van der Waals surface area (Å²) in [7, 11) is -0.609. The summed E-state index contributed by atoms with van der Waals surface area (Å²) in [5.74, 6) is -1.21. The number of hydrogen-bond donors (Lipinski definition) is 0. The van der Waals surface area contributed by atoms with Crippen LogP contribution in [-0.4, -0.2) is 65.2 Å². The molecule has 2 aromatic rings. The molecule has 4 rings (SSSR count). The van der Waals surface area contributed by atoms with Gasteiger partial charge < -0.3 is 27.8 Å². The zero-order chi connectivity index (χ0) is 43.7. The summed E-state index contributed by atoms with van der Waals surface area (Å²) < 4.78 is 39.3. The Labute approximate surface area is 363 Å². The molecule has 4 heterocycles. The third kappa shape index (κ3) is 11.5. The van der Waals surface area contributed by atoms with E-state index in [2.05, 4.69) is 118 Å². The molecule has 2 aliphatic heterocycles. The molecule has 10 atom stereocenters. The van der Waals surface area contributed by atoms with Crippen LogP contribution in [0.2, 0.25) is 36.3 Å². The van der Waals surface area contributed by atoms with Crippen molar-refractivity contribution in [2.24, 2.45) is 23.7 Å². The summed E-state index contributed by atoms with van der Waals surface area (Å²) in [6.07, 6.45) is 17.2. The molecule has 8 nitrogen and oxygen atoms in total. The molecule has 0 radical (unpaired) electrons. The molecule has 0 unspecified atom stereocenters. The van der Waals surface area contributed by atoms with E-state index in [0.29, 0.717) is 11.8 Å². The summed E-state index contributed by atoms with van der Waals surface area (Å²) in [6.45, 7) is 43.2. The zero-order valence-electron chi connectivity index (χ0n) is 38.5. The molecule has 2 aliphatic rings. The van der Waals surface area contributed by atoms with Crippen molar-refractivity contribution in [3.05, 3.63) is 83.8 Å². The van der Waals surface area contributed by atoms with Gasteiger partial charge in [-0.05, 0) is 100 Å². The molecule has 0 N–H and O–H groups in total. The van der Waals surface area contributed by atoms with Crippen LogP contribution in [0, 0.1) is 23.7 Å². The Balaban J connectivity index is 0.000000310. The fourth-order valence-corrected chi connectivity index (χ4v) is 12.3. The van der Waals surface area contributed by atoms with Crippen LogP contribution in [-0.2, 0) is 39.4 Å². The number of thiazole rings is 2. The van der Waals surface area contributed by atoms with Gasteiger partial charge >= 0.3 is 0 Å². The summed E-state index contributed by atoms with van der Waals surface area (Å²) in [5.41, 5.74) is 0. The highest BCUT2D eigenvalue weighted by Gasteiger charge is 2.58. The molecule has 0 bridgehead atoms. The van der Waals surface area contributed by atoms with Gasteiger partial charge in [0.2, 0.25) is 11.6 Å². The van der Waals surface area contributed by atoms with Crippen LogP contribution in [0.15, 0.2) is 73.8 Å². The summed E-state index contributed by atoms with van der Waals surface area (Å²) >= 11 is 3.15. The molecule has 328 valence electrons. The smallest absolute Gasteiger partial charge is 0.228 e. The highest BCUT2D eigenvalue weighted by atomic mass is 32.1. The standard InChI is InChI=1S/2C23H39NO3SSi/c2*1-10-12-13-18-16-17(3)26-23(25-7,21-24-14-15-28-21)20(18)19(11-2)27-29(8,9)22(4,5)6/h2*10-11,14-15,17-20H,1-2,12-13,16H2,3-9H3/t2*17-,18-,19-,20-,23-/m00/s1. The normalized spacial score (nSPS) is 29.4. The molecule has 2 aromatic heterocycles. The Hall–Kier alpha value is -1.59. The van der Waals surface area contributed by atoms with Gasteiger partial charge in [0, 0.05) is 37.4 Å². The number of hydrogen-bond acceptors (Lipinski definition) is 10. The molecule has 2 saturated heterocycles. The van der Waals surface area contributed by atoms with Crippen LogP contribution in [0.5, 0.6) is 0 Å². The molecule has 0 spiro atoms. The zero-order valence-corrected chi connectivity index (χ0v) is 42.1. The van der Waals surface area contributed by atoms with E-state index in [-0.39, 0.29) is 46.3 Å². The molecule has 12 heteroatoms. The largest absolute Gasteiger partial charge is 0.410 e. The molecule has 0 saturated carbocycles. The fraction of sp³-hybridized carbons (Fsp3) is 0.696. The third-order valence-electron chi connectivity index (χ3n) is 13.1. The Morgan fingerprint density at radius 3 is 1.29 bits per heavy atom. The second-order valence-corrected chi connectivity index (χ2v) is 30.5. The van der Waals surface area contributed by atoms with Gasteiger partial charge in [-0.15, -0.1) is 49.0 Å². The van der Waals surface area contributed by atoms with Crippen molar-refractivity contribution >= 4 is 39.3 Å². The van der Waals surface area contributed by atoms with Gasteiger partial charge in [-0.1, -0.05) is 65.8 Å². The SMILES string of the molecule is C=CCC[C@H]1C[C@H](C)O[C@](OC)(c2nccs2)[C@@H]1[C@H](C=C)O[Si](C)(C)C(C)(C)C.C=CCC[C@H]1C[C@H](C)O[C@](OC)(c2nccs2)[C@@H]1[C@H](C=C)O[Si](C)(C)C(C)(C)C. The monoisotopic (exact) mass is 874 g/mol. The van der Waals surface area contributed by atoms with Crippen molar-refractivity contribution < 1.29 is 27.8 Å². The minimum Gasteiger partial charge on any atom is -0.410 e. The van der Waals surface area contributed by atoms with E-state index >= 15 is 0 Å². The van der Waals surface area contributed by atoms with Crippen molar-refractivity contribution in [1.29, 1.82) is 0 Å². The van der Waals surface area contributed by atoms with Crippen LogP contribution in [0.4, 0.5) is 0 Å². The van der Waals surface area contributed by atoms with E-state index in [0.717, 1.165) is 48.5 Å². The van der Waals surface area contributed by atoms with Crippen molar-refractivity contribution in [3.8, 4) is 0 Å². The number of rotatable bonds is 18. The predicted molar refractivity (Wildman–Crippen MR) is 249 cm³/mol. The Morgan fingerprint density at radius 1 is 0.707 bits per heavy atom. The fourth-order valence-electron chi connectivity index (χ4n) is 8.14. The van der Waals surface area contributed by atoms with Crippen molar-refractivity contribution in [3.63, 3.8) is 0 Å². The lowest BCUT2D eigenvalue weighted by Crippen LogP contribution is -2.57. The first-order valence-electron chi connectivity index (χ1n) is 21.1. The molecule has 0 aromatic carbocycles. The second kappa shape index (κ2) is 21.0. The maximum absolute atomic E-state index is 6.90. The minimum absolute atomic E-state index is 0.0265. The van der Waals surface area contributed by atoms with Gasteiger partial charge in [-0.25, -0.2) is 9.97 Å². The summed E-state index contributed by atoms with van der Waals surface area (Å²) in [6, 6.07) is 0. The average molecular weight is 875 g/mol. The number of methoxy groups -OCH3 is 2. The van der Waals surface area contributed by atoms with Crippen LogP contribution in [0.3, 0.4) is 0 Å². The van der Waals surface area contributed by atoms with Crippen molar-refractivity contribution in [2.45, 2.75) is 166 Å². The van der Waals surface area contributed by atoms with E-state index in [1.165, 1.54) is 0 Å². The Bertz CT molecular complexity index is 1460. The Kier molecular flexibility index (Phi) is 18.4. The molecular weight excluding hydrogens is 797 g/mol. The molecular formula is C46H78N2O6S2Si2. The van der Waals surface area contributed by atoms with Gasteiger partial charge in [0.25, 0.3) is 0 Å². The third-order valence-corrected chi connectivity index (χ3v) is 23.8. The first-order valence-corrected chi connectivity index (χ1v) is 28.7. The minimum atomic E-state index is -2.03. The number of allylic oxidation sites excluding steroid dienone is 2. The first-order chi connectivity index (χ1) is 27.0. The lowest BCUT2D eigenvalue weighted by atomic mass is 9.73. The summed E-state index contributed by atoms with van der Waals surface area (Å²) in [5, 5.41) is 5.87. The van der Waals surface area contributed by atoms with E-state index < -0.39 is 28.2 Å². The van der Waals surface area contributed by atoms with E-state index in [1.807, 2.05) is 47.5 Å². The average Bonchev–Trinajstić information content (AvgIpc) is 3.90. The maximum Gasteiger partial charge on any atom is 0.228 e. The lowest BCUT2D eigenvalue weighted by Gasteiger charge is -2.52. The number of nitrogens with zero attached hydrogens (tertiary/aromatic N) is 2. The van der Waals surface area contributed by atoms with E-state index in [1.54, 1.807) is 36.9 Å². The highest BCUT2D eigenvalue weighted by Crippen LogP contribution is 2.53. The highest BCUT2D eigenvalue weighted by molar-refractivity contribution is 7.09. The molecule has 0 aliphatic carbocycles. The topological polar surface area (TPSA) is 81.2 Å². The van der Waals surface area contributed by atoms with Crippen molar-refractivity contribution in [1.82, 2.24) is 9.97 Å². The summed E-state index contributed by atoms with van der Waals surface area (Å²) in [4.78, 5) is 9.23. The van der Waals surface area contributed by atoms with Gasteiger partial charge in [-0.3, -0.25) is 0 Å². The van der Waals surface area contributed by atoms with Crippen LogP contribution >= 0.6 is 22.7 Å². The predicted octanol–water partition coefficient (Wildman–Crippen LogP) is 13.1. The van der Waals surface area contributed by atoms with Gasteiger partial charge in [0.15, 0.2) is 26.7 Å². The number of ether oxygens (including phenoxy) is 4. The van der Waals surface area contributed by atoms with Gasteiger partial charge in [0.1, 0.15) is 0 Å². The van der Waals surface area contributed by atoms with E-state index in [4.69, 9.17) is 27.8 Å². The molecule has 58 heavy (non-hydrogen) atoms. The second-order valence-electron chi connectivity index (χ2n) is 19.2. The quantitative estimate of drug-likeness (QED) is 0.108. The molecule has 2 fully saturated rings. The maximum atomic E-state index is 6.90.